The lowest BCUT2D eigenvalue weighted by Crippen LogP contribution is -2.33. The Morgan fingerprint density at radius 1 is 1.09 bits per heavy atom. The van der Waals surface area contributed by atoms with E-state index >= 15 is 0 Å². The molecule has 2 aromatic carbocycles. The van der Waals surface area contributed by atoms with Gasteiger partial charge in [0, 0.05) is 17.4 Å². The topological polar surface area (TPSA) is 72.3 Å². The molecule has 0 saturated carbocycles. The second-order valence-corrected chi connectivity index (χ2v) is 9.06. The fraction of sp³-hybridized carbons (Fsp3) is 0.375. The highest BCUT2D eigenvalue weighted by atomic mass is 32.2. The van der Waals surface area contributed by atoms with Crippen molar-refractivity contribution in [2.45, 2.75) is 37.4 Å². The number of rotatable bonds is 8. The zero-order chi connectivity index (χ0) is 24.1. The van der Waals surface area contributed by atoms with Gasteiger partial charge in [-0.2, -0.15) is 0 Å². The number of likely N-dealkylation sites (tertiary alicyclic amines) is 1. The Morgan fingerprint density at radius 2 is 1.82 bits per heavy atom. The molecule has 10 heteroatoms. The Morgan fingerprint density at radius 3 is 2.50 bits per heavy atom. The fourth-order valence-electron chi connectivity index (χ4n) is 3.99. The molecule has 0 aliphatic carbocycles. The number of anilines is 1. The minimum atomic E-state index is -1.01. The summed E-state index contributed by atoms with van der Waals surface area (Å²) in [5.74, 6) is -0.758. The smallest absolute Gasteiger partial charge is 0.234 e. The normalized spacial score (nSPS) is 15.2. The molecular weight excluding hydrogens is 460 g/mol. The molecule has 180 valence electrons. The molecule has 34 heavy (non-hydrogen) atoms. The average molecular weight is 488 g/mol. The third-order valence-corrected chi connectivity index (χ3v) is 6.77. The van der Waals surface area contributed by atoms with Crippen molar-refractivity contribution in [1.29, 1.82) is 0 Å². The maximum atomic E-state index is 13.4. The van der Waals surface area contributed by atoms with Crippen molar-refractivity contribution in [2.24, 2.45) is 0 Å². The van der Waals surface area contributed by atoms with E-state index in [4.69, 9.17) is 4.74 Å². The maximum Gasteiger partial charge on any atom is 0.234 e. The summed E-state index contributed by atoms with van der Waals surface area (Å²) in [5.41, 5.74) is 1.06. The standard InChI is InChI=1S/C24H27F2N5O2S/c1-16(30-12-4-3-5-13-30)23-28-29-24(31(23)18-7-9-19(33-2)10-8-18)34-15-22(32)27-17-6-11-20(25)21(26)14-17/h6-11,14,16H,3-5,12-13,15H2,1-2H3,(H,27,32). The fourth-order valence-corrected chi connectivity index (χ4v) is 4.75. The van der Waals surface area contributed by atoms with Gasteiger partial charge in [0.05, 0.1) is 18.9 Å². The number of thioether (sulfide) groups is 1. The van der Waals surface area contributed by atoms with Crippen molar-refractivity contribution >= 4 is 23.4 Å². The van der Waals surface area contributed by atoms with E-state index in [1.165, 1.54) is 24.2 Å². The molecule has 1 unspecified atom stereocenters. The monoisotopic (exact) mass is 487 g/mol. The molecule has 1 N–H and O–H groups in total. The van der Waals surface area contributed by atoms with Crippen LogP contribution in [-0.4, -0.2) is 51.5 Å². The number of hydrogen-bond acceptors (Lipinski definition) is 6. The second kappa shape index (κ2) is 11.0. The van der Waals surface area contributed by atoms with Crippen molar-refractivity contribution in [1.82, 2.24) is 19.7 Å². The number of nitrogens with zero attached hydrogens (tertiary/aromatic N) is 4. The summed E-state index contributed by atoms with van der Waals surface area (Å²) in [5, 5.41) is 12.0. The molecule has 3 aromatic rings. The van der Waals surface area contributed by atoms with E-state index in [1.807, 2.05) is 28.8 Å². The minimum Gasteiger partial charge on any atom is -0.497 e. The van der Waals surface area contributed by atoms with Crippen LogP contribution in [-0.2, 0) is 4.79 Å². The lowest BCUT2D eigenvalue weighted by molar-refractivity contribution is -0.113. The molecule has 0 bridgehead atoms. The van der Waals surface area contributed by atoms with Gasteiger partial charge in [-0.05, 0) is 69.3 Å². The lowest BCUT2D eigenvalue weighted by Gasteiger charge is -2.31. The van der Waals surface area contributed by atoms with Crippen LogP contribution in [0.1, 0.15) is 38.1 Å². The molecule has 1 atom stereocenters. The van der Waals surface area contributed by atoms with Crippen molar-refractivity contribution in [2.75, 3.05) is 31.3 Å². The molecule has 1 amide bonds. The summed E-state index contributed by atoms with van der Waals surface area (Å²) in [6, 6.07) is 10.9. The third-order valence-electron chi connectivity index (χ3n) is 5.84. The molecule has 0 spiro atoms. The molecule has 7 nitrogen and oxygen atoms in total. The first-order valence-corrected chi connectivity index (χ1v) is 12.2. The zero-order valence-electron chi connectivity index (χ0n) is 19.1. The number of nitrogens with one attached hydrogen (secondary N) is 1. The van der Waals surface area contributed by atoms with Crippen LogP contribution in [0.2, 0.25) is 0 Å². The highest BCUT2D eigenvalue weighted by Gasteiger charge is 2.26. The number of amides is 1. The van der Waals surface area contributed by atoms with Gasteiger partial charge in [-0.15, -0.1) is 10.2 Å². The number of hydrogen-bond donors (Lipinski definition) is 1. The lowest BCUT2D eigenvalue weighted by atomic mass is 10.1. The average Bonchev–Trinajstić information content (AvgIpc) is 3.29. The Bertz CT molecular complexity index is 1130. The van der Waals surface area contributed by atoms with Crippen LogP contribution < -0.4 is 10.1 Å². The largest absolute Gasteiger partial charge is 0.497 e. The van der Waals surface area contributed by atoms with E-state index in [9.17, 15) is 13.6 Å². The SMILES string of the molecule is COc1ccc(-n2c(SCC(=O)Nc3ccc(F)c(F)c3)nnc2C(C)N2CCCCC2)cc1. The van der Waals surface area contributed by atoms with Gasteiger partial charge in [-0.3, -0.25) is 14.3 Å². The van der Waals surface area contributed by atoms with Gasteiger partial charge in [0.1, 0.15) is 5.75 Å². The number of carbonyl (C=O) groups excluding carboxylic acids is 1. The van der Waals surface area contributed by atoms with Gasteiger partial charge < -0.3 is 10.1 Å². The van der Waals surface area contributed by atoms with Crippen LogP contribution >= 0.6 is 11.8 Å². The summed E-state index contributed by atoms with van der Waals surface area (Å²) >= 11 is 1.23. The predicted octanol–water partition coefficient (Wildman–Crippen LogP) is 4.83. The van der Waals surface area contributed by atoms with Crippen molar-refractivity contribution in [3.63, 3.8) is 0 Å². The van der Waals surface area contributed by atoms with Crippen LogP contribution in [0.25, 0.3) is 5.69 Å². The number of piperidine rings is 1. The summed E-state index contributed by atoms with van der Waals surface area (Å²) in [4.78, 5) is 14.9. The number of ether oxygens (including phenoxy) is 1. The van der Waals surface area contributed by atoms with Crippen LogP contribution in [0.5, 0.6) is 5.75 Å². The predicted molar refractivity (Wildman–Crippen MR) is 127 cm³/mol. The van der Waals surface area contributed by atoms with E-state index in [1.54, 1.807) is 7.11 Å². The molecule has 1 fully saturated rings. The second-order valence-electron chi connectivity index (χ2n) is 8.11. The van der Waals surface area contributed by atoms with E-state index < -0.39 is 11.6 Å². The van der Waals surface area contributed by atoms with E-state index in [-0.39, 0.29) is 23.4 Å². The highest BCUT2D eigenvalue weighted by Crippen LogP contribution is 2.30. The first kappa shape index (κ1) is 24.2. The van der Waals surface area contributed by atoms with Crippen LogP contribution in [0.15, 0.2) is 47.6 Å². The van der Waals surface area contributed by atoms with Crippen molar-refractivity contribution < 1.29 is 18.3 Å². The van der Waals surface area contributed by atoms with Crippen LogP contribution in [0.4, 0.5) is 14.5 Å². The van der Waals surface area contributed by atoms with Gasteiger partial charge in [-0.1, -0.05) is 18.2 Å². The quantitative estimate of drug-likeness (QED) is 0.459. The van der Waals surface area contributed by atoms with E-state index in [0.29, 0.717) is 5.16 Å². The molecular formula is C24H27F2N5O2S. The van der Waals surface area contributed by atoms with Gasteiger partial charge >= 0.3 is 0 Å². The van der Waals surface area contributed by atoms with Crippen molar-refractivity contribution in [3.8, 4) is 11.4 Å². The molecule has 4 rings (SSSR count). The van der Waals surface area contributed by atoms with Gasteiger partial charge in [0.25, 0.3) is 0 Å². The summed E-state index contributed by atoms with van der Waals surface area (Å²) in [7, 11) is 1.62. The molecule has 2 heterocycles. The number of halogens is 2. The first-order valence-electron chi connectivity index (χ1n) is 11.2. The van der Waals surface area contributed by atoms with E-state index in [0.717, 1.165) is 55.3 Å². The van der Waals surface area contributed by atoms with Gasteiger partial charge in [0.2, 0.25) is 5.91 Å². The Kier molecular flexibility index (Phi) is 7.79. The number of benzene rings is 2. The number of carbonyl (C=O) groups is 1. The minimum absolute atomic E-state index is 0.0331. The molecule has 0 radical (unpaired) electrons. The number of methoxy groups -OCH3 is 1. The third kappa shape index (κ3) is 5.56. The van der Waals surface area contributed by atoms with E-state index in [2.05, 4.69) is 27.3 Å². The zero-order valence-corrected chi connectivity index (χ0v) is 19.9. The van der Waals surface area contributed by atoms with Crippen molar-refractivity contribution in [3.05, 3.63) is 59.9 Å². The van der Waals surface area contributed by atoms with Gasteiger partial charge in [-0.25, -0.2) is 8.78 Å². The molecule has 1 aliphatic rings. The molecule has 1 aliphatic heterocycles. The number of aromatic nitrogens is 3. The molecule has 1 saturated heterocycles. The summed E-state index contributed by atoms with van der Waals surface area (Å²) in [6.45, 7) is 4.14. The summed E-state index contributed by atoms with van der Waals surface area (Å²) in [6.07, 6.45) is 3.56. The molecule has 1 aromatic heterocycles. The van der Waals surface area contributed by atoms with Gasteiger partial charge in [0.15, 0.2) is 22.6 Å². The summed E-state index contributed by atoms with van der Waals surface area (Å²) < 4.78 is 33.8. The first-order chi connectivity index (χ1) is 16.5. The Hall–Kier alpha value is -2.98. The van der Waals surface area contributed by atoms with Crippen LogP contribution in [0.3, 0.4) is 0 Å². The Balaban J connectivity index is 1.55. The highest BCUT2D eigenvalue weighted by molar-refractivity contribution is 7.99. The Labute approximate surface area is 201 Å². The maximum absolute atomic E-state index is 13.4. The van der Waals surface area contributed by atoms with Crippen LogP contribution in [0, 0.1) is 11.6 Å².